The van der Waals surface area contributed by atoms with Crippen LogP contribution in [0.4, 0.5) is 0 Å². The third-order valence-electron chi connectivity index (χ3n) is 11.8. The largest absolute Gasteiger partial charge is 0.493 e. The maximum Gasteiger partial charge on any atom is 0.125 e. The Hall–Kier alpha value is -1.76. The van der Waals surface area contributed by atoms with Crippen molar-refractivity contribution in [2.75, 3.05) is 6.61 Å². The summed E-state index contributed by atoms with van der Waals surface area (Å²) in [6.07, 6.45) is 22.4. The van der Waals surface area contributed by atoms with Gasteiger partial charge >= 0.3 is 0 Å². The fraction of sp³-hybridized carbons (Fsp3) is 0.714. The van der Waals surface area contributed by atoms with Gasteiger partial charge in [-0.05, 0) is 132 Å². The molecule has 0 N–H and O–H groups in total. The highest BCUT2D eigenvalue weighted by Crippen LogP contribution is 2.43. The second-order valence-electron chi connectivity index (χ2n) is 14.4. The van der Waals surface area contributed by atoms with Crippen molar-refractivity contribution in [2.24, 2.45) is 23.7 Å². The van der Waals surface area contributed by atoms with Crippen molar-refractivity contribution in [1.82, 2.24) is 0 Å². The Labute approximate surface area is 267 Å². The number of aryl methyl sites for hydroxylation is 2. The summed E-state index contributed by atoms with van der Waals surface area (Å²) in [5.41, 5.74) is 10.4. The van der Waals surface area contributed by atoms with E-state index in [-0.39, 0.29) is 0 Å². The first kappa shape index (κ1) is 34.1. The van der Waals surface area contributed by atoms with E-state index in [9.17, 15) is 0 Å². The van der Waals surface area contributed by atoms with Gasteiger partial charge in [-0.15, -0.1) is 0 Å². The summed E-state index contributed by atoms with van der Waals surface area (Å²) in [7, 11) is 0. The number of hydrogen-bond donors (Lipinski definition) is 0. The van der Waals surface area contributed by atoms with Crippen molar-refractivity contribution in [2.45, 2.75) is 164 Å². The van der Waals surface area contributed by atoms with E-state index < -0.39 is 0 Å². The molecule has 0 spiro atoms. The molecule has 1 nitrogen and oxygen atoms in total. The molecule has 0 bridgehead atoms. The van der Waals surface area contributed by atoms with Crippen LogP contribution in [-0.4, -0.2) is 6.61 Å². The van der Waals surface area contributed by atoms with Crippen LogP contribution in [0.1, 0.15) is 166 Å². The third kappa shape index (κ3) is 8.70. The summed E-state index contributed by atoms with van der Waals surface area (Å²) < 4.78 is 6.64. The summed E-state index contributed by atoms with van der Waals surface area (Å²) in [4.78, 5) is 0. The van der Waals surface area contributed by atoms with Crippen LogP contribution >= 0.6 is 0 Å². The van der Waals surface area contributed by atoms with E-state index >= 15 is 0 Å². The minimum absolute atomic E-state index is 0.750. The first-order valence-electron chi connectivity index (χ1n) is 18.9. The molecule has 0 radical (unpaired) electrons. The predicted molar refractivity (Wildman–Crippen MR) is 189 cm³/mol. The van der Waals surface area contributed by atoms with Crippen LogP contribution in [0.5, 0.6) is 5.75 Å². The molecule has 0 atom stereocenters. The second kappa shape index (κ2) is 17.1. The van der Waals surface area contributed by atoms with E-state index in [2.05, 4.69) is 72.7 Å². The second-order valence-corrected chi connectivity index (χ2v) is 14.4. The molecular weight excluding hydrogens is 520 g/mol. The van der Waals surface area contributed by atoms with Crippen LogP contribution in [0.3, 0.4) is 0 Å². The lowest BCUT2D eigenvalue weighted by molar-refractivity contribution is 0.237. The molecule has 0 aromatic heterocycles. The molecular formula is C42H66O. The molecule has 2 saturated carbocycles. The van der Waals surface area contributed by atoms with Crippen molar-refractivity contribution in [3.8, 4) is 16.9 Å². The van der Waals surface area contributed by atoms with Gasteiger partial charge in [0.15, 0.2) is 0 Å². The average molecular weight is 587 g/mol. The van der Waals surface area contributed by atoms with Gasteiger partial charge in [-0.1, -0.05) is 118 Å². The van der Waals surface area contributed by atoms with Crippen LogP contribution in [0.2, 0.25) is 0 Å². The first-order chi connectivity index (χ1) is 21.0. The lowest BCUT2D eigenvalue weighted by atomic mass is 9.74. The summed E-state index contributed by atoms with van der Waals surface area (Å²) >= 11 is 0. The predicted octanol–water partition coefficient (Wildman–Crippen LogP) is 12.7. The quantitative estimate of drug-likeness (QED) is 0.202. The van der Waals surface area contributed by atoms with E-state index in [1.807, 2.05) is 0 Å². The third-order valence-corrected chi connectivity index (χ3v) is 11.8. The van der Waals surface area contributed by atoms with Crippen LogP contribution < -0.4 is 4.74 Å². The maximum absolute atomic E-state index is 6.64. The van der Waals surface area contributed by atoms with Crippen molar-refractivity contribution < 1.29 is 4.74 Å². The number of rotatable bonds is 15. The fourth-order valence-electron chi connectivity index (χ4n) is 8.60. The highest BCUT2D eigenvalue weighted by Gasteiger charge is 2.26. The average Bonchev–Trinajstić information content (AvgIpc) is 3.05. The minimum Gasteiger partial charge on any atom is -0.493 e. The zero-order chi connectivity index (χ0) is 30.8. The van der Waals surface area contributed by atoms with Gasteiger partial charge in [-0.3, -0.25) is 0 Å². The zero-order valence-corrected chi connectivity index (χ0v) is 29.3. The Morgan fingerprint density at radius 3 is 1.81 bits per heavy atom. The molecule has 2 aliphatic carbocycles. The first-order valence-corrected chi connectivity index (χ1v) is 18.9. The van der Waals surface area contributed by atoms with Crippen LogP contribution in [-0.2, 0) is 25.7 Å². The normalized spacial score (nSPS) is 22.7. The van der Waals surface area contributed by atoms with Gasteiger partial charge < -0.3 is 4.74 Å². The molecule has 43 heavy (non-hydrogen) atoms. The molecule has 0 unspecified atom stereocenters. The molecule has 240 valence electrons. The van der Waals surface area contributed by atoms with Gasteiger partial charge in [-0.25, -0.2) is 0 Å². The summed E-state index contributed by atoms with van der Waals surface area (Å²) in [5, 5.41) is 0. The van der Waals surface area contributed by atoms with Crippen molar-refractivity contribution in [1.29, 1.82) is 0 Å². The van der Waals surface area contributed by atoms with Gasteiger partial charge in [0.2, 0.25) is 0 Å². The molecule has 0 saturated heterocycles. The Balaban J connectivity index is 1.48. The monoisotopic (exact) mass is 587 g/mol. The van der Waals surface area contributed by atoms with Crippen LogP contribution in [0.15, 0.2) is 24.3 Å². The Morgan fingerprint density at radius 2 is 1.26 bits per heavy atom. The molecule has 1 heteroatoms. The molecule has 4 rings (SSSR count). The van der Waals surface area contributed by atoms with E-state index in [0.29, 0.717) is 0 Å². The fourth-order valence-corrected chi connectivity index (χ4v) is 8.60. The molecule has 2 fully saturated rings. The van der Waals surface area contributed by atoms with E-state index in [1.165, 1.54) is 116 Å². The lowest BCUT2D eigenvalue weighted by Gasteiger charge is -2.32. The topological polar surface area (TPSA) is 9.23 Å². The van der Waals surface area contributed by atoms with Gasteiger partial charge in [0, 0.05) is 0 Å². The van der Waals surface area contributed by atoms with Gasteiger partial charge in [0.1, 0.15) is 5.75 Å². The maximum atomic E-state index is 6.64. The smallest absolute Gasteiger partial charge is 0.125 e. The highest BCUT2D eigenvalue weighted by molar-refractivity contribution is 5.75. The number of hydrogen-bond acceptors (Lipinski definition) is 1. The summed E-state index contributed by atoms with van der Waals surface area (Å²) in [5.74, 6) is 5.69. The molecule has 0 amide bonds. The van der Waals surface area contributed by atoms with Crippen molar-refractivity contribution in [3.63, 3.8) is 0 Å². The van der Waals surface area contributed by atoms with Crippen LogP contribution in [0, 0.1) is 23.7 Å². The summed E-state index contributed by atoms with van der Waals surface area (Å²) in [6.45, 7) is 17.2. The standard InChI is InChI=1S/C42H66O/c1-8-31(9-2)26-27-43-42-35(11-4)29-41(38(12-5)39(42)13-6)40-25-24-37(28-34(40)10-3)36-22-20-33(21-23-36)19-18-32-16-14-30(7)15-17-32/h24-25,28-33,36H,8-23,26-27H2,1-7H3. The molecule has 0 aliphatic heterocycles. The van der Waals surface area contributed by atoms with Gasteiger partial charge in [0.05, 0.1) is 6.61 Å². The number of benzene rings is 2. The molecule has 2 aromatic carbocycles. The zero-order valence-electron chi connectivity index (χ0n) is 29.3. The Kier molecular flexibility index (Phi) is 13.5. The molecule has 0 heterocycles. The Bertz CT molecular complexity index is 1110. The van der Waals surface area contributed by atoms with Gasteiger partial charge in [-0.2, -0.15) is 0 Å². The highest BCUT2D eigenvalue weighted by atomic mass is 16.5. The van der Waals surface area contributed by atoms with E-state index in [1.54, 1.807) is 5.56 Å². The van der Waals surface area contributed by atoms with Crippen molar-refractivity contribution in [3.05, 3.63) is 52.1 Å². The summed E-state index contributed by atoms with van der Waals surface area (Å²) in [6, 6.07) is 10.1. The van der Waals surface area contributed by atoms with E-state index in [4.69, 9.17) is 4.74 Å². The lowest BCUT2D eigenvalue weighted by Crippen LogP contribution is -2.17. The van der Waals surface area contributed by atoms with E-state index in [0.717, 1.165) is 68.3 Å². The number of ether oxygens (including phenoxy) is 1. The molecule has 2 aliphatic rings. The SMILES string of the molecule is CCc1cc(C2CCC(CCC3CCC(C)CC3)CC2)ccc1-c1cc(CC)c(OCCC(CC)CC)c(CC)c1CC. The molecule has 2 aromatic rings. The van der Waals surface area contributed by atoms with Crippen molar-refractivity contribution >= 4 is 0 Å². The minimum atomic E-state index is 0.750. The van der Waals surface area contributed by atoms with Crippen LogP contribution in [0.25, 0.3) is 11.1 Å². The Morgan fingerprint density at radius 1 is 0.651 bits per heavy atom. The van der Waals surface area contributed by atoms with Gasteiger partial charge in [0.25, 0.3) is 0 Å².